The van der Waals surface area contributed by atoms with Crippen LogP contribution in [0.25, 0.3) is 44.3 Å². The van der Waals surface area contributed by atoms with Gasteiger partial charge in [0.05, 0.1) is 23.2 Å². The molecule has 2 heterocycles. The van der Waals surface area contributed by atoms with Gasteiger partial charge in [-0.25, -0.2) is 9.98 Å². The molecule has 10 heteroatoms. The van der Waals surface area contributed by atoms with Crippen molar-refractivity contribution in [1.82, 2.24) is 0 Å². The van der Waals surface area contributed by atoms with Crippen molar-refractivity contribution in [2.75, 3.05) is 0 Å². The molecule has 340 valence electrons. The van der Waals surface area contributed by atoms with Crippen molar-refractivity contribution < 1.29 is 29.9 Å². The van der Waals surface area contributed by atoms with Gasteiger partial charge in [0.15, 0.2) is 17.3 Å². The Morgan fingerprint density at radius 1 is 0.681 bits per heavy atom. The minimum absolute atomic E-state index is 0.00141. The first-order valence-corrected chi connectivity index (χ1v) is 24.2. The second-order valence-electron chi connectivity index (χ2n) is 17.7. The Morgan fingerprint density at radius 3 is 2.04 bits per heavy atom. The van der Waals surface area contributed by atoms with Crippen LogP contribution in [0.3, 0.4) is 0 Å². The first-order chi connectivity index (χ1) is 33.7. The highest BCUT2D eigenvalue weighted by Gasteiger charge is 2.47. The average Bonchev–Trinajstić information content (AvgIpc) is 3.74. The summed E-state index contributed by atoms with van der Waals surface area (Å²) < 4.78 is 6.62. The molecule has 4 unspecified atom stereocenters. The fraction of sp³-hybridized carbons (Fsp3) is 0.136. The van der Waals surface area contributed by atoms with Gasteiger partial charge in [-0.2, -0.15) is 0 Å². The molecule has 11 rings (SSSR count). The third kappa shape index (κ3) is 7.60. The lowest BCUT2D eigenvalue weighted by molar-refractivity contribution is 0.311. The zero-order valence-electron chi connectivity index (χ0n) is 37.9. The molecule has 1 saturated carbocycles. The van der Waals surface area contributed by atoms with Gasteiger partial charge in [-0.1, -0.05) is 148 Å². The zero-order chi connectivity index (χ0) is 47.3. The number of aromatic hydroxyl groups is 5. The van der Waals surface area contributed by atoms with Crippen LogP contribution in [-0.4, -0.2) is 43.0 Å². The average molecular weight is 926 g/mol. The lowest BCUT2D eigenvalue weighted by Crippen LogP contribution is -2.27. The molecule has 8 aromatic rings. The fourth-order valence-electron chi connectivity index (χ4n) is 10.3. The van der Waals surface area contributed by atoms with E-state index in [-0.39, 0.29) is 58.2 Å². The first kappa shape index (κ1) is 43.6. The molecule has 0 spiro atoms. The third-order valence-corrected chi connectivity index (χ3v) is 15.3. The lowest BCUT2D eigenvalue weighted by atomic mass is 9.59. The largest absolute Gasteiger partial charge is 0.507 e. The molecule has 4 atom stereocenters. The van der Waals surface area contributed by atoms with Gasteiger partial charge < -0.3 is 29.9 Å². The quantitative estimate of drug-likeness (QED) is 0.0243. The van der Waals surface area contributed by atoms with Gasteiger partial charge in [-0.05, 0) is 84.0 Å². The van der Waals surface area contributed by atoms with E-state index in [1.807, 2.05) is 117 Å². The van der Waals surface area contributed by atoms with Crippen LogP contribution in [0.5, 0.6) is 28.7 Å². The van der Waals surface area contributed by atoms with Crippen molar-refractivity contribution >= 4 is 42.7 Å². The van der Waals surface area contributed by atoms with Gasteiger partial charge in [-0.15, -0.1) is 0 Å². The van der Waals surface area contributed by atoms with E-state index in [0.29, 0.717) is 71.7 Å². The van der Waals surface area contributed by atoms with E-state index in [1.165, 1.54) is 6.07 Å². The summed E-state index contributed by atoms with van der Waals surface area (Å²) in [6.07, 6.45) is 9.22. The number of allylic oxidation sites excluding steroid dienone is 4. The number of rotatable bonds is 9. The number of furan rings is 1. The third-order valence-electron chi connectivity index (χ3n) is 13.7. The van der Waals surface area contributed by atoms with E-state index in [4.69, 9.17) is 19.4 Å². The van der Waals surface area contributed by atoms with Crippen LogP contribution in [0.1, 0.15) is 83.3 Å². The van der Waals surface area contributed by atoms with E-state index in [1.54, 1.807) is 18.3 Å². The summed E-state index contributed by atoms with van der Waals surface area (Å²) in [5, 5.41) is 61.0. The summed E-state index contributed by atoms with van der Waals surface area (Å²) in [5.41, 5.74) is 10.3. The first-order valence-electron chi connectivity index (χ1n) is 23.2. The molecular weight excluding hydrogens is 878 g/mol. The molecular formula is C59H48N3O6P. The van der Waals surface area contributed by atoms with Crippen molar-refractivity contribution in [2.45, 2.75) is 50.7 Å². The minimum Gasteiger partial charge on any atom is -0.507 e. The van der Waals surface area contributed by atoms with E-state index in [0.717, 1.165) is 44.6 Å². The molecule has 0 amide bonds. The maximum absolute atomic E-state index is 12.7. The van der Waals surface area contributed by atoms with Crippen LogP contribution < -0.4 is 0 Å². The Kier molecular flexibility index (Phi) is 11.3. The van der Waals surface area contributed by atoms with Gasteiger partial charge in [-0.3, -0.25) is 4.99 Å². The number of nitrogens with zero attached hydrogens (tertiary/aromatic N) is 3. The number of benzene rings is 7. The number of hydrogen-bond donors (Lipinski definition) is 5. The summed E-state index contributed by atoms with van der Waals surface area (Å²) in [6.45, 7) is 3.89. The minimum atomic E-state index is -0.462. The van der Waals surface area contributed by atoms with Crippen molar-refractivity contribution in [3.8, 4) is 62.1 Å². The fourth-order valence-corrected chi connectivity index (χ4v) is 11.8. The summed E-state index contributed by atoms with van der Waals surface area (Å²) in [4.78, 5) is 15.1. The van der Waals surface area contributed by atoms with E-state index in [2.05, 4.69) is 36.4 Å². The summed E-state index contributed by atoms with van der Waals surface area (Å²) >= 11 is 0. The number of hydrogen-bond acceptors (Lipinski definition) is 8. The van der Waals surface area contributed by atoms with Gasteiger partial charge in [0, 0.05) is 51.0 Å². The molecule has 1 fully saturated rings. The van der Waals surface area contributed by atoms with Crippen LogP contribution in [0.2, 0.25) is 0 Å². The van der Waals surface area contributed by atoms with Gasteiger partial charge >= 0.3 is 0 Å². The molecule has 0 saturated heterocycles. The van der Waals surface area contributed by atoms with Crippen molar-refractivity contribution in [1.29, 1.82) is 0 Å². The molecule has 1 aromatic heterocycles. The SMILES string of the molecule is C/C=C\C(=C/C)C1=Nc2c(oc3ccc(-c4c(O)c(O)c5c(c4O)-c4c(CN=C(N=Cc6ccc(-c7ccccc7)cc6)c6ccccc6)c(O)cc(O)c4C4CCC54)cc23)C(c2ccccc2)P1. The number of aliphatic imine (C=N–C) groups is 3. The van der Waals surface area contributed by atoms with E-state index < -0.39 is 5.75 Å². The summed E-state index contributed by atoms with van der Waals surface area (Å²) in [5.74, 6) is -0.851. The van der Waals surface area contributed by atoms with E-state index in [9.17, 15) is 25.5 Å². The second-order valence-corrected chi connectivity index (χ2v) is 19.0. The predicted molar refractivity (Wildman–Crippen MR) is 279 cm³/mol. The van der Waals surface area contributed by atoms with Crippen LogP contribution in [-0.2, 0) is 6.54 Å². The van der Waals surface area contributed by atoms with Gasteiger partial charge in [0.2, 0.25) is 0 Å². The summed E-state index contributed by atoms with van der Waals surface area (Å²) in [6, 6.07) is 44.8. The molecule has 3 aliphatic rings. The monoisotopic (exact) mass is 925 g/mol. The Labute approximate surface area is 401 Å². The Hall–Kier alpha value is -8.00. The number of phenolic OH excluding ortho intramolecular Hbond substituents is 5. The van der Waals surface area contributed by atoms with Crippen LogP contribution in [0.4, 0.5) is 5.69 Å². The standard InChI is InChI=1S/C59H48N3O6P/c1-3-14-34(4-2)59-62-52-42-29-39(25-28-46(42)68-56(52)57(69-59)37-17-10-6-11-18-37)47-53(65)51-49-43(44(63)30-45(64)48(49)40-26-27-41(40)50(51)55(67)54(47)66)32-61-58(38-19-12-7-13-20-38)60-31-33-21-23-36(24-22-33)35-15-8-5-9-16-35/h3-25,28-31,40-41,57,63-67,69H,26-27,32H2,1-2H3/b14-3-,34-4+,60-31?,61-58?. The molecule has 69 heavy (non-hydrogen) atoms. The van der Waals surface area contributed by atoms with Gasteiger partial charge in [0.25, 0.3) is 0 Å². The normalized spacial score (nSPS) is 17.9. The maximum atomic E-state index is 12.7. The molecule has 7 aromatic carbocycles. The molecule has 2 aliphatic carbocycles. The Balaban J connectivity index is 1.04. The topological polar surface area (TPSA) is 151 Å². The highest BCUT2D eigenvalue weighted by molar-refractivity contribution is 7.60. The maximum Gasteiger partial charge on any atom is 0.169 e. The predicted octanol–water partition coefficient (Wildman–Crippen LogP) is 14.3. The Morgan fingerprint density at radius 2 is 1.35 bits per heavy atom. The van der Waals surface area contributed by atoms with Crippen molar-refractivity contribution in [3.05, 3.63) is 202 Å². The summed E-state index contributed by atoms with van der Waals surface area (Å²) in [7, 11) is 0.301. The molecule has 9 nitrogen and oxygen atoms in total. The number of fused-ring (bicyclic) bond motifs is 9. The second kappa shape index (κ2) is 17.9. The highest BCUT2D eigenvalue weighted by Crippen LogP contribution is 2.67. The highest BCUT2D eigenvalue weighted by atomic mass is 31.1. The zero-order valence-corrected chi connectivity index (χ0v) is 38.9. The lowest BCUT2D eigenvalue weighted by Gasteiger charge is -2.44. The van der Waals surface area contributed by atoms with Crippen LogP contribution >= 0.6 is 8.58 Å². The van der Waals surface area contributed by atoms with Gasteiger partial charge in [0.1, 0.15) is 34.3 Å². The van der Waals surface area contributed by atoms with Crippen LogP contribution in [0, 0.1) is 0 Å². The number of phenols is 5. The molecule has 0 bridgehead atoms. The number of amidine groups is 1. The molecule has 1 aliphatic heterocycles. The van der Waals surface area contributed by atoms with Crippen molar-refractivity contribution in [2.24, 2.45) is 15.0 Å². The van der Waals surface area contributed by atoms with Crippen LogP contribution in [0.15, 0.2) is 183 Å². The molecule has 5 N–H and O–H groups in total. The van der Waals surface area contributed by atoms with Crippen molar-refractivity contribution in [3.63, 3.8) is 0 Å². The van der Waals surface area contributed by atoms with E-state index >= 15 is 0 Å². The Bertz CT molecular complexity index is 3470. The smallest absolute Gasteiger partial charge is 0.169 e. The molecule has 0 radical (unpaired) electrons.